The second-order valence-corrected chi connectivity index (χ2v) is 7.68. The van der Waals surface area contributed by atoms with E-state index in [-0.39, 0.29) is 11.8 Å². The number of benzene rings is 1. The molecule has 6 heteroatoms. The maximum Gasteiger partial charge on any atom is 0.257 e. The van der Waals surface area contributed by atoms with Crippen LogP contribution in [0.3, 0.4) is 0 Å². The number of hydrogen-bond donors (Lipinski definition) is 0. The number of aromatic nitrogens is 4. The molecule has 148 valence electrons. The Morgan fingerprint density at radius 3 is 2.82 bits per heavy atom. The zero-order valence-corrected chi connectivity index (χ0v) is 17.1. The molecule has 1 aromatic carbocycles. The highest BCUT2D eigenvalue weighted by Gasteiger charge is 2.30. The Balaban J connectivity index is 1.62. The fourth-order valence-corrected chi connectivity index (χ4v) is 4.30. The van der Waals surface area contributed by atoms with Crippen LogP contribution in [0.1, 0.15) is 60.9 Å². The van der Waals surface area contributed by atoms with Gasteiger partial charge in [-0.25, -0.2) is 4.98 Å². The molecule has 1 aliphatic rings. The van der Waals surface area contributed by atoms with E-state index in [9.17, 15) is 4.79 Å². The van der Waals surface area contributed by atoms with E-state index in [0.29, 0.717) is 0 Å². The minimum atomic E-state index is 0.0973. The number of piperidine rings is 1. The molecule has 1 saturated heterocycles. The monoisotopic (exact) mass is 379 g/mol. The molecular formula is C22H29N5O. The first-order valence-corrected chi connectivity index (χ1v) is 10.4. The van der Waals surface area contributed by atoms with Crippen molar-refractivity contribution in [3.8, 4) is 0 Å². The third-order valence-electron chi connectivity index (χ3n) is 5.71. The highest BCUT2D eigenvalue weighted by Crippen LogP contribution is 2.30. The van der Waals surface area contributed by atoms with Crippen LogP contribution in [0.2, 0.25) is 0 Å². The predicted octanol–water partition coefficient (Wildman–Crippen LogP) is 3.99. The molecule has 4 rings (SSSR count). The van der Waals surface area contributed by atoms with Gasteiger partial charge in [-0.05, 0) is 45.2 Å². The van der Waals surface area contributed by atoms with E-state index < -0.39 is 0 Å². The van der Waals surface area contributed by atoms with Crippen molar-refractivity contribution in [3.63, 3.8) is 0 Å². The van der Waals surface area contributed by atoms with Crippen LogP contribution in [0.25, 0.3) is 11.0 Å². The zero-order chi connectivity index (χ0) is 19.7. The second-order valence-electron chi connectivity index (χ2n) is 7.68. The Kier molecular flexibility index (Phi) is 5.20. The average Bonchev–Trinajstić information content (AvgIpc) is 3.28. The minimum Gasteiger partial charge on any atom is -0.338 e. The van der Waals surface area contributed by atoms with E-state index in [4.69, 9.17) is 4.98 Å². The van der Waals surface area contributed by atoms with Crippen molar-refractivity contribution in [2.75, 3.05) is 13.1 Å². The van der Waals surface area contributed by atoms with Crippen molar-refractivity contribution in [1.29, 1.82) is 0 Å². The third kappa shape index (κ3) is 3.32. The van der Waals surface area contributed by atoms with E-state index >= 15 is 0 Å². The van der Waals surface area contributed by atoms with E-state index in [1.54, 1.807) is 0 Å². The molecule has 1 atom stereocenters. The second kappa shape index (κ2) is 7.78. The quantitative estimate of drug-likeness (QED) is 0.673. The van der Waals surface area contributed by atoms with Gasteiger partial charge in [0.15, 0.2) is 0 Å². The molecule has 1 fully saturated rings. The Morgan fingerprint density at radius 1 is 1.25 bits per heavy atom. The normalized spacial score (nSPS) is 17.4. The third-order valence-corrected chi connectivity index (χ3v) is 5.71. The smallest absolute Gasteiger partial charge is 0.257 e. The van der Waals surface area contributed by atoms with Gasteiger partial charge in [-0.3, -0.25) is 9.48 Å². The van der Waals surface area contributed by atoms with E-state index in [2.05, 4.69) is 34.8 Å². The lowest BCUT2D eigenvalue weighted by Crippen LogP contribution is -2.40. The number of imidazole rings is 1. The number of carbonyl (C=O) groups is 1. The number of likely N-dealkylation sites (tertiary alicyclic amines) is 1. The van der Waals surface area contributed by atoms with E-state index in [1.165, 1.54) is 5.52 Å². The van der Waals surface area contributed by atoms with Gasteiger partial charge in [0.2, 0.25) is 0 Å². The van der Waals surface area contributed by atoms with Crippen molar-refractivity contribution in [3.05, 3.63) is 47.5 Å². The topological polar surface area (TPSA) is 56.0 Å². The lowest BCUT2D eigenvalue weighted by atomic mass is 9.96. The molecule has 0 spiro atoms. The standard InChI is InChI=1S/C22H29N5O/c1-4-12-27-20-11-7-6-10-19(20)23-21(27)17-9-8-13-25(14-17)22(28)18-15-26(5-2)24-16(18)3/h6-7,10-11,15,17H,4-5,8-9,12-14H2,1-3H3. The van der Waals surface area contributed by atoms with Gasteiger partial charge in [0.1, 0.15) is 5.82 Å². The van der Waals surface area contributed by atoms with Crippen LogP contribution in [-0.2, 0) is 13.1 Å². The summed E-state index contributed by atoms with van der Waals surface area (Å²) in [5.41, 5.74) is 3.79. The summed E-state index contributed by atoms with van der Waals surface area (Å²) < 4.78 is 4.19. The van der Waals surface area contributed by atoms with Crippen LogP contribution in [0.4, 0.5) is 0 Å². The summed E-state index contributed by atoms with van der Waals surface area (Å²) in [5, 5.41) is 4.44. The molecule has 1 aliphatic heterocycles. The number of hydrogen-bond acceptors (Lipinski definition) is 3. The van der Waals surface area contributed by atoms with Gasteiger partial charge < -0.3 is 9.47 Å². The highest BCUT2D eigenvalue weighted by atomic mass is 16.2. The van der Waals surface area contributed by atoms with Gasteiger partial charge in [0.05, 0.1) is 22.3 Å². The number of para-hydroxylation sites is 2. The summed E-state index contributed by atoms with van der Waals surface area (Å²) in [7, 11) is 0. The van der Waals surface area contributed by atoms with Crippen LogP contribution in [0, 0.1) is 6.92 Å². The molecule has 1 unspecified atom stereocenters. The molecule has 3 aromatic rings. The van der Waals surface area contributed by atoms with Crippen LogP contribution in [0.15, 0.2) is 30.5 Å². The van der Waals surface area contributed by atoms with E-state index in [1.807, 2.05) is 35.7 Å². The molecular weight excluding hydrogens is 350 g/mol. The Bertz CT molecular complexity index is 986. The molecule has 2 aromatic heterocycles. The fourth-order valence-electron chi connectivity index (χ4n) is 4.30. The number of nitrogens with zero attached hydrogens (tertiary/aromatic N) is 5. The summed E-state index contributed by atoms with van der Waals surface area (Å²) in [4.78, 5) is 20.1. The zero-order valence-electron chi connectivity index (χ0n) is 17.1. The number of aryl methyl sites for hydroxylation is 3. The van der Waals surface area contributed by atoms with Crippen LogP contribution in [0.5, 0.6) is 0 Å². The first kappa shape index (κ1) is 18.7. The molecule has 3 heterocycles. The lowest BCUT2D eigenvalue weighted by Gasteiger charge is -2.32. The van der Waals surface area contributed by atoms with Crippen molar-refractivity contribution in [2.45, 2.75) is 59.0 Å². The van der Waals surface area contributed by atoms with Gasteiger partial charge in [-0.2, -0.15) is 5.10 Å². The molecule has 0 N–H and O–H groups in total. The van der Waals surface area contributed by atoms with Gasteiger partial charge in [-0.1, -0.05) is 19.1 Å². The highest BCUT2D eigenvalue weighted by molar-refractivity contribution is 5.95. The molecule has 0 saturated carbocycles. The number of rotatable bonds is 5. The maximum absolute atomic E-state index is 13.2. The van der Waals surface area contributed by atoms with Crippen LogP contribution in [-0.4, -0.2) is 43.2 Å². The number of carbonyl (C=O) groups excluding carboxylic acids is 1. The van der Waals surface area contributed by atoms with Crippen molar-refractivity contribution >= 4 is 16.9 Å². The molecule has 0 bridgehead atoms. The van der Waals surface area contributed by atoms with Gasteiger partial charge in [0.25, 0.3) is 5.91 Å². The Hall–Kier alpha value is -2.63. The van der Waals surface area contributed by atoms with Crippen molar-refractivity contribution in [2.24, 2.45) is 0 Å². The van der Waals surface area contributed by atoms with Gasteiger partial charge >= 0.3 is 0 Å². The van der Waals surface area contributed by atoms with Gasteiger partial charge in [0, 0.05) is 38.3 Å². The molecule has 0 radical (unpaired) electrons. The molecule has 1 amide bonds. The average molecular weight is 380 g/mol. The molecule has 0 aliphatic carbocycles. The summed E-state index contributed by atoms with van der Waals surface area (Å²) in [6.45, 7) is 9.42. The van der Waals surface area contributed by atoms with Gasteiger partial charge in [-0.15, -0.1) is 0 Å². The van der Waals surface area contributed by atoms with Crippen molar-refractivity contribution < 1.29 is 4.79 Å². The Labute approximate surface area is 166 Å². The number of fused-ring (bicyclic) bond motifs is 1. The Morgan fingerprint density at radius 2 is 2.07 bits per heavy atom. The van der Waals surface area contributed by atoms with Crippen LogP contribution >= 0.6 is 0 Å². The predicted molar refractivity (Wildman–Crippen MR) is 111 cm³/mol. The molecule has 6 nitrogen and oxygen atoms in total. The summed E-state index contributed by atoms with van der Waals surface area (Å²) in [6.07, 6.45) is 5.03. The van der Waals surface area contributed by atoms with Crippen molar-refractivity contribution in [1.82, 2.24) is 24.2 Å². The van der Waals surface area contributed by atoms with E-state index in [0.717, 1.165) is 68.0 Å². The fraction of sp³-hybridized carbons (Fsp3) is 0.500. The summed E-state index contributed by atoms with van der Waals surface area (Å²) in [5.74, 6) is 1.50. The maximum atomic E-state index is 13.2. The minimum absolute atomic E-state index is 0.0973. The molecule has 28 heavy (non-hydrogen) atoms. The lowest BCUT2D eigenvalue weighted by molar-refractivity contribution is 0.0702. The van der Waals surface area contributed by atoms with Crippen LogP contribution < -0.4 is 0 Å². The SMILES string of the molecule is CCCn1c(C2CCCN(C(=O)c3cn(CC)nc3C)C2)nc2ccccc21. The summed E-state index contributed by atoms with van der Waals surface area (Å²) >= 11 is 0. The first-order chi connectivity index (χ1) is 13.6. The first-order valence-electron chi connectivity index (χ1n) is 10.4. The number of amides is 1. The summed E-state index contributed by atoms with van der Waals surface area (Å²) in [6, 6.07) is 8.35. The largest absolute Gasteiger partial charge is 0.338 e.